The number of halogens is 1. The van der Waals surface area contributed by atoms with E-state index in [4.69, 9.17) is 9.73 Å². The molecule has 2 atom stereocenters. The molecule has 2 unspecified atom stereocenters. The molecule has 0 bridgehead atoms. The average molecular weight is 535 g/mol. The molecular formula is C20H31IN4OS2. The molecule has 3 rings (SSSR count). The van der Waals surface area contributed by atoms with Gasteiger partial charge in [-0.05, 0) is 29.8 Å². The summed E-state index contributed by atoms with van der Waals surface area (Å²) >= 11 is 3.63. The second kappa shape index (κ2) is 12.8. The Bertz CT molecular complexity index is 672. The first-order valence-electron chi connectivity index (χ1n) is 9.68. The van der Waals surface area contributed by atoms with Crippen molar-refractivity contribution in [3.8, 4) is 0 Å². The fourth-order valence-corrected chi connectivity index (χ4v) is 4.84. The summed E-state index contributed by atoms with van der Waals surface area (Å²) in [5.74, 6) is 1.34. The number of hydrogen-bond acceptors (Lipinski definition) is 5. The van der Waals surface area contributed by atoms with Gasteiger partial charge >= 0.3 is 0 Å². The van der Waals surface area contributed by atoms with Gasteiger partial charge in [-0.2, -0.15) is 0 Å². The minimum atomic E-state index is 0. The molecule has 0 aromatic carbocycles. The van der Waals surface area contributed by atoms with E-state index in [1.54, 1.807) is 11.3 Å². The molecule has 156 valence electrons. The molecule has 3 heterocycles. The van der Waals surface area contributed by atoms with Crippen LogP contribution in [0, 0.1) is 0 Å². The van der Waals surface area contributed by atoms with Crippen LogP contribution in [0.2, 0.25) is 0 Å². The van der Waals surface area contributed by atoms with E-state index in [2.05, 4.69) is 64.4 Å². The second-order valence-corrected chi connectivity index (χ2v) is 8.66. The van der Waals surface area contributed by atoms with Gasteiger partial charge < -0.3 is 15.4 Å². The first-order valence-corrected chi connectivity index (χ1v) is 11.4. The summed E-state index contributed by atoms with van der Waals surface area (Å²) in [4.78, 5) is 10.1. The fraction of sp³-hybridized carbons (Fsp3) is 0.550. The lowest BCUT2D eigenvalue weighted by atomic mass is 10.1. The van der Waals surface area contributed by atoms with Gasteiger partial charge in [0.1, 0.15) is 0 Å². The minimum absolute atomic E-state index is 0. The van der Waals surface area contributed by atoms with Gasteiger partial charge in [-0.15, -0.1) is 46.7 Å². The van der Waals surface area contributed by atoms with Gasteiger partial charge in [0.2, 0.25) is 0 Å². The molecule has 2 aromatic heterocycles. The minimum Gasteiger partial charge on any atom is -0.379 e. The highest BCUT2D eigenvalue weighted by atomic mass is 127. The number of ether oxygens (including phenoxy) is 1. The van der Waals surface area contributed by atoms with Crippen molar-refractivity contribution < 1.29 is 4.74 Å². The summed E-state index contributed by atoms with van der Waals surface area (Å²) in [7, 11) is 0. The molecule has 8 heteroatoms. The van der Waals surface area contributed by atoms with Crippen molar-refractivity contribution in [2.24, 2.45) is 4.99 Å². The van der Waals surface area contributed by atoms with Crippen LogP contribution in [0.1, 0.15) is 35.6 Å². The Morgan fingerprint density at radius 3 is 2.43 bits per heavy atom. The summed E-state index contributed by atoms with van der Waals surface area (Å²) < 4.78 is 5.54. The van der Waals surface area contributed by atoms with Crippen LogP contribution in [0.5, 0.6) is 0 Å². The van der Waals surface area contributed by atoms with Crippen molar-refractivity contribution in [2.75, 3.05) is 45.9 Å². The summed E-state index contributed by atoms with van der Waals surface area (Å²) in [5, 5.41) is 11.3. The third kappa shape index (κ3) is 6.98. The lowest BCUT2D eigenvalue weighted by Gasteiger charge is -2.34. The highest BCUT2D eigenvalue weighted by Crippen LogP contribution is 2.25. The zero-order valence-corrected chi connectivity index (χ0v) is 20.6. The van der Waals surface area contributed by atoms with Gasteiger partial charge in [0.05, 0.1) is 25.8 Å². The SMILES string of the molecule is CCNC(=NCC(C)c1cccs1)NCC(c1cccs1)N1CCOCC1.I. The molecule has 2 N–H and O–H groups in total. The van der Waals surface area contributed by atoms with Gasteiger partial charge in [-0.3, -0.25) is 9.89 Å². The molecule has 5 nitrogen and oxygen atoms in total. The number of rotatable bonds is 8. The molecule has 0 amide bonds. The molecule has 2 aromatic rings. The van der Waals surface area contributed by atoms with Crippen molar-refractivity contribution >= 4 is 52.6 Å². The van der Waals surface area contributed by atoms with Crippen LogP contribution in [-0.4, -0.2) is 56.8 Å². The molecule has 0 spiro atoms. The molecule has 1 fully saturated rings. The smallest absolute Gasteiger partial charge is 0.191 e. The van der Waals surface area contributed by atoms with Crippen LogP contribution in [0.15, 0.2) is 40.0 Å². The molecule has 0 saturated carbocycles. The Hall–Kier alpha value is -0.680. The summed E-state index contributed by atoms with van der Waals surface area (Å²) in [6, 6.07) is 9.02. The lowest BCUT2D eigenvalue weighted by molar-refractivity contribution is 0.0177. The monoisotopic (exact) mass is 534 g/mol. The van der Waals surface area contributed by atoms with Crippen LogP contribution in [0.25, 0.3) is 0 Å². The lowest BCUT2D eigenvalue weighted by Crippen LogP contribution is -2.46. The van der Waals surface area contributed by atoms with Gasteiger partial charge in [0, 0.05) is 41.9 Å². The van der Waals surface area contributed by atoms with E-state index in [1.165, 1.54) is 9.75 Å². The topological polar surface area (TPSA) is 48.9 Å². The maximum atomic E-state index is 5.54. The van der Waals surface area contributed by atoms with E-state index in [0.717, 1.165) is 51.9 Å². The van der Waals surface area contributed by atoms with E-state index in [9.17, 15) is 0 Å². The first-order chi connectivity index (χ1) is 13.3. The van der Waals surface area contributed by atoms with Gasteiger partial charge in [0.25, 0.3) is 0 Å². The van der Waals surface area contributed by atoms with Crippen LogP contribution in [0.3, 0.4) is 0 Å². The summed E-state index contributed by atoms with van der Waals surface area (Å²) in [5.41, 5.74) is 0. The number of nitrogens with one attached hydrogen (secondary N) is 2. The van der Waals surface area contributed by atoms with E-state index < -0.39 is 0 Å². The zero-order chi connectivity index (χ0) is 18.9. The molecule has 1 aliphatic rings. The van der Waals surface area contributed by atoms with Gasteiger partial charge in [-0.25, -0.2) is 0 Å². The van der Waals surface area contributed by atoms with Crippen LogP contribution >= 0.6 is 46.7 Å². The van der Waals surface area contributed by atoms with Crippen molar-refractivity contribution in [2.45, 2.75) is 25.8 Å². The quantitative estimate of drug-likeness (QED) is 0.304. The largest absolute Gasteiger partial charge is 0.379 e. The molecule has 0 aliphatic carbocycles. The van der Waals surface area contributed by atoms with Crippen molar-refractivity contribution in [3.05, 3.63) is 44.8 Å². The molecule has 28 heavy (non-hydrogen) atoms. The van der Waals surface area contributed by atoms with Crippen LogP contribution in [-0.2, 0) is 4.74 Å². The zero-order valence-electron chi connectivity index (χ0n) is 16.6. The average Bonchev–Trinajstić information content (AvgIpc) is 3.41. The Morgan fingerprint density at radius 1 is 1.14 bits per heavy atom. The number of aliphatic imine (C=N–C) groups is 1. The summed E-state index contributed by atoms with van der Waals surface area (Å²) in [6.07, 6.45) is 0. The Kier molecular flexibility index (Phi) is 10.8. The maximum absolute atomic E-state index is 5.54. The first kappa shape index (κ1) is 23.6. The molecule has 0 radical (unpaired) electrons. The van der Waals surface area contributed by atoms with Gasteiger partial charge in [0.15, 0.2) is 5.96 Å². The Balaban J connectivity index is 0.00000280. The number of hydrogen-bond donors (Lipinski definition) is 2. The van der Waals surface area contributed by atoms with E-state index in [-0.39, 0.29) is 24.0 Å². The summed E-state index contributed by atoms with van der Waals surface area (Å²) in [6.45, 7) is 10.4. The standard InChI is InChI=1S/C20H30N4OS2.HI/c1-3-21-20(22-14-16(2)18-6-4-12-26-18)23-15-17(19-7-5-13-27-19)24-8-10-25-11-9-24;/h4-7,12-13,16-17H,3,8-11,14-15H2,1-2H3,(H2,21,22,23);1H. The third-order valence-electron chi connectivity index (χ3n) is 4.72. The van der Waals surface area contributed by atoms with Crippen LogP contribution in [0.4, 0.5) is 0 Å². The van der Waals surface area contributed by atoms with Crippen molar-refractivity contribution in [1.29, 1.82) is 0 Å². The highest BCUT2D eigenvalue weighted by molar-refractivity contribution is 14.0. The van der Waals surface area contributed by atoms with E-state index >= 15 is 0 Å². The fourth-order valence-electron chi connectivity index (χ4n) is 3.20. The Labute approximate surface area is 193 Å². The third-order valence-corrected chi connectivity index (χ3v) is 6.79. The molecule has 1 saturated heterocycles. The predicted octanol–water partition coefficient (Wildman–Crippen LogP) is 4.16. The predicted molar refractivity (Wildman–Crippen MR) is 132 cm³/mol. The molecular weight excluding hydrogens is 503 g/mol. The van der Waals surface area contributed by atoms with Gasteiger partial charge in [-0.1, -0.05) is 19.1 Å². The normalized spacial score (nSPS) is 17.6. The number of thiophene rings is 2. The van der Waals surface area contributed by atoms with E-state index in [0.29, 0.717) is 12.0 Å². The van der Waals surface area contributed by atoms with Crippen LogP contribution < -0.4 is 10.6 Å². The van der Waals surface area contributed by atoms with Crippen molar-refractivity contribution in [3.63, 3.8) is 0 Å². The number of morpholine rings is 1. The second-order valence-electron chi connectivity index (χ2n) is 6.70. The van der Waals surface area contributed by atoms with E-state index in [1.807, 2.05) is 11.3 Å². The number of nitrogens with zero attached hydrogens (tertiary/aromatic N) is 2. The highest BCUT2D eigenvalue weighted by Gasteiger charge is 2.23. The van der Waals surface area contributed by atoms with Crippen molar-refractivity contribution in [1.82, 2.24) is 15.5 Å². The Morgan fingerprint density at radius 2 is 1.82 bits per heavy atom. The maximum Gasteiger partial charge on any atom is 0.191 e. The molecule has 1 aliphatic heterocycles. The number of guanidine groups is 1.